The number of nitrogen functional groups attached to an aromatic ring is 1. The maximum Gasteiger partial charge on any atom is 0.146 e. The van der Waals surface area contributed by atoms with Crippen LogP contribution in [0.4, 0.5) is 10.1 Å². The summed E-state index contributed by atoms with van der Waals surface area (Å²) in [4.78, 5) is 2.34. The topological polar surface area (TPSA) is 29.3 Å². The standard InChI is InChI=1S/C12H17FN2/c13-11-6-4-5-10(12(11)14)9-15-7-2-1-3-8-15/h4-6H,1-3,7-9,14H2. The Hall–Kier alpha value is -1.09. The largest absolute Gasteiger partial charge is 0.396 e. The van der Waals surface area contributed by atoms with Crippen LogP contribution in [-0.4, -0.2) is 18.0 Å². The molecule has 3 heteroatoms. The molecule has 2 N–H and O–H groups in total. The highest BCUT2D eigenvalue weighted by atomic mass is 19.1. The Labute approximate surface area is 89.9 Å². The molecule has 0 atom stereocenters. The van der Waals surface area contributed by atoms with Crippen LogP contribution in [0.15, 0.2) is 18.2 Å². The van der Waals surface area contributed by atoms with Gasteiger partial charge in [0.2, 0.25) is 0 Å². The summed E-state index contributed by atoms with van der Waals surface area (Å²) in [6.45, 7) is 3.00. The summed E-state index contributed by atoms with van der Waals surface area (Å²) >= 11 is 0. The Balaban J connectivity index is 2.06. The maximum absolute atomic E-state index is 13.2. The van der Waals surface area contributed by atoms with E-state index in [0.717, 1.165) is 25.2 Å². The Kier molecular flexibility index (Phi) is 3.21. The van der Waals surface area contributed by atoms with Crippen molar-refractivity contribution in [2.24, 2.45) is 0 Å². The highest BCUT2D eigenvalue weighted by Gasteiger charge is 2.12. The second kappa shape index (κ2) is 4.62. The van der Waals surface area contributed by atoms with Crippen LogP contribution in [0, 0.1) is 5.82 Å². The van der Waals surface area contributed by atoms with Crippen molar-refractivity contribution in [3.8, 4) is 0 Å². The molecule has 15 heavy (non-hydrogen) atoms. The summed E-state index contributed by atoms with van der Waals surface area (Å²) in [7, 11) is 0. The average Bonchev–Trinajstić information content (AvgIpc) is 2.26. The predicted molar refractivity (Wildman–Crippen MR) is 59.9 cm³/mol. The fourth-order valence-corrected chi connectivity index (χ4v) is 2.08. The van der Waals surface area contributed by atoms with E-state index in [1.807, 2.05) is 6.07 Å². The van der Waals surface area contributed by atoms with Gasteiger partial charge in [-0.05, 0) is 37.6 Å². The van der Waals surface area contributed by atoms with E-state index in [0.29, 0.717) is 5.69 Å². The number of nitrogens with two attached hydrogens (primary N) is 1. The number of rotatable bonds is 2. The summed E-state index contributed by atoms with van der Waals surface area (Å²) in [6.07, 6.45) is 3.81. The second-order valence-corrected chi connectivity index (χ2v) is 4.15. The van der Waals surface area contributed by atoms with Crippen LogP contribution in [0.25, 0.3) is 0 Å². The molecule has 0 spiro atoms. The molecule has 1 fully saturated rings. The van der Waals surface area contributed by atoms with Crippen molar-refractivity contribution in [2.75, 3.05) is 18.8 Å². The van der Waals surface area contributed by atoms with Gasteiger partial charge in [0, 0.05) is 6.54 Å². The molecule has 1 saturated heterocycles. The van der Waals surface area contributed by atoms with Crippen molar-refractivity contribution in [1.82, 2.24) is 4.90 Å². The van der Waals surface area contributed by atoms with Crippen LogP contribution in [0.3, 0.4) is 0 Å². The minimum Gasteiger partial charge on any atom is -0.396 e. The van der Waals surface area contributed by atoms with Gasteiger partial charge in [0.1, 0.15) is 5.82 Å². The number of likely N-dealkylation sites (tertiary alicyclic amines) is 1. The molecule has 82 valence electrons. The molecule has 1 aliphatic heterocycles. The number of nitrogens with zero attached hydrogens (tertiary/aromatic N) is 1. The summed E-state index contributed by atoms with van der Waals surface area (Å²) in [5.74, 6) is -0.301. The van der Waals surface area contributed by atoms with Gasteiger partial charge < -0.3 is 5.73 Å². The van der Waals surface area contributed by atoms with E-state index in [4.69, 9.17) is 5.73 Å². The lowest BCUT2D eigenvalue weighted by Crippen LogP contribution is -2.29. The first kappa shape index (κ1) is 10.4. The lowest BCUT2D eigenvalue weighted by Gasteiger charge is -2.26. The first-order chi connectivity index (χ1) is 7.27. The third kappa shape index (κ3) is 2.48. The zero-order valence-corrected chi connectivity index (χ0v) is 8.88. The summed E-state index contributed by atoms with van der Waals surface area (Å²) in [5.41, 5.74) is 6.92. The number of hydrogen-bond donors (Lipinski definition) is 1. The molecule has 2 rings (SSSR count). The molecule has 0 unspecified atom stereocenters. The molecule has 1 aromatic rings. The van der Waals surface area contributed by atoms with E-state index in [2.05, 4.69) is 4.90 Å². The summed E-state index contributed by atoms with van der Waals surface area (Å²) in [6, 6.07) is 5.05. The minimum atomic E-state index is -0.301. The van der Waals surface area contributed by atoms with Crippen molar-refractivity contribution in [3.05, 3.63) is 29.6 Å². The molecule has 0 saturated carbocycles. The summed E-state index contributed by atoms with van der Waals surface area (Å²) in [5, 5.41) is 0. The molecule has 0 amide bonds. The SMILES string of the molecule is Nc1c(F)cccc1CN1CCCCC1. The number of para-hydroxylation sites is 1. The molecular weight excluding hydrogens is 191 g/mol. The smallest absolute Gasteiger partial charge is 0.146 e. The minimum absolute atomic E-state index is 0.301. The van der Waals surface area contributed by atoms with Gasteiger partial charge in [0.05, 0.1) is 5.69 Å². The quantitative estimate of drug-likeness (QED) is 0.756. The van der Waals surface area contributed by atoms with Crippen molar-refractivity contribution in [1.29, 1.82) is 0 Å². The highest BCUT2D eigenvalue weighted by Crippen LogP contribution is 2.19. The van der Waals surface area contributed by atoms with Crippen molar-refractivity contribution < 1.29 is 4.39 Å². The van der Waals surface area contributed by atoms with Gasteiger partial charge in [-0.2, -0.15) is 0 Å². The van der Waals surface area contributed by atoms with Crippen molar-refractivity contribution in [3.63, 3.8) is 0 Å². The van der Waals surface area contributed by atoms with E-state index in [-0.39, 0.29) is 5.82 Å². The second-order valence-electron chi connectivity index (χ2n) is 4.15. The Morgan fingerprint density at radius 3 is 2.67 bits per heavy atom. The number of piperidine rings is 1. The first-order valence-electron chi connectivity index (χ1n) is 5.52. The van der Waals surface area contributed by atoms with Gasteiger partial charge >= 0.3 is 0 Å². The normalized spacial score (nSPS) is 17.9. The number of benzene rings is 1. The van der Waals surface area contributed by atoms with Gasteiger partial charge in [-0.15, -0.1) is 0 Å². The van der Waals surface area contributed by atoms with Crippen LogP contribution in [0.1, 0.15) is 24.8 Å². The van der Waals surface area contributed by atoms with E-state index < -0.39 is 0 Å². The average molecular weight is 208 g/mol. The van der Waals surface area contributed by atoms with Crippen molar-refractivity contribution in [2.45, 2.75) is 25.8 Å². The first-order valence-corrected chi connectivity index (χ1v) is 5.52. The third-order valence-corrected chi connectivity index (χ3v) is 2.99. The van der Waals surface area contributed by atoms with Gasteiger partial charge in [0.15, 0.2) is 0 Å². The van der Waals surface area contributed by atoms with E-state index in [1.165, 1.54) is 25.3 Å². The van der Waals surface area contributed by atoms with E-state index in [9.17, 15) is 4.39 Å². The molecular formula is C12H17FN2. The fraction of sp³-hybridized carbons (Fsp3) is 0.500. The molecule has 1 aromatic carbocycles. The Morgan fingerprint density at radius 1 is 1.20 bits per heavy atom. The van der Waals surface area contributed by atoms with Crippen molar-refractivity contribution >= 4 is 5.69 Å². The molecule has 1 heterocycles. The molecule has 0 aliphatic carbocycles. The highest BCUT2D eigenvalue weighted by molar-refractivity contribution is 5.47. The summed E-state index contributed by atoms with van der Waals surface area (Å²) < 4.78 is 13.2. The van der Waals surface area contributed by atoms with Crippen LogP contribution < -0.4 is 5.73 Å². The molecule has 0 aromatic heterocycles. The number of halogens is 1. The lowest BCUT2D eigenvalue weighted by atomic mass is 10.1. The molecule has 1 aliphatic rings. The zero-order valence-electron chi connectivity index (χ0n) is 8.88. The van der Waals surface area contributed by atoms with Crippen LogP contribution in [0.2, 0.25) is 0 Å². The lowest BCUT2D eigenvalue weighted by molar-refractivity contribution is 0.221. The van der Waals surface area contributed by atoms with Crippen LogP contribution in [0.5, 0.6) is 0 Å². The predicted octanol–water partition coefficient (Wildman–Crippen LogP) is 2.39. The maximum atomic E-state index is 13.2. The van der Waals surface area contributed by atoms with Gasteiger partial charge in [-0.25, -0.2) is 4.39 Å². The van der Waals surface area contributed by atoms with Crippen LogP contribution >= 0.6 is 0 Å². The van der Waals surface area contributed by atoms with E-state index in [1.54, 1.807) is 6.07 Å². The fourth-order valence-electron chi connectivity index (χ4n) is 2.08. The van der Waals surface area contributed by atoms with E-state index >= 15 is 0 Å². The van der Waals surface area contributed by atoms with Gasteiger partial charge in [-0.1, -0.05) is 18.6 Å². The molecule has 0 radical (unpaired) electrons. The monoisotopic (exact) mass is 208 g/mol. The van der Waals surface area contributed by atoms with Gasteiger partial charge in [0.25, 0.3) is 0 Å². The number of anilines is 1. The number of hydrogen-bond acceptors (Lipinski definition) is 2. The Bertz CT molecular complexity index is 332. The third-order valence-electron chi connectivity index (χ3n) is 2.99. The Morgan fingerprint density at radius 2 is 1.93 bits per heavy atom. The molecule has 0 bridgehead atoms. The van der Waals surface area contributed by atoms with Gasteiger partial charge in [-0.3, -0.25) is 4.90 Å². The molecule has 2 nitrogen and oxygen atoms in total. The zero-order chi connectivity index (χ0) is 10.7. The van der Waals surface area contributed by atoms with Crippen LogP contribution in [-0.2, 0) is 6.54 Å².